The quantitative estimate of drug-likeness (QED) is 0.282. The molecule has 2 saturated heterocycles. The van der Waals surface area contributed by atoms with Gasteiger partial charge in [0.1, 0.15) is 11.7 Å². The summed E-state index contributed by atoms with van der Waals surface area (Å²) in [5, 5.41) is 11.0. The number of nitrogens with zero attached hydrogens (tertiary/aromatic N) is 2. The van der Waals surface area contributed by atoms with Crippen molar-refractivity contribution in [1.29, 1.82) is 0 Å². The number of rotatable bonds is 4. The van der Waals surface area contributed by atoms with Gasteiger partial charge in [0.05, 0.1) is 48.8 Å². The third-order valence-corrected chi connectivity index (χ3v) is 7.78. The molecule has 4 N–H and O–H groups in total. The van der Waals surface area contributed by atoms with E-state index in [1.807, 2.05) is 36.4 Å². The molecule has 0 amide bonds. The predicted molar refractivity (Wildman–Crippen MR) is 139 cm³/mol. The van der Waals surface area contributed by atoms with Crippen LogP contribution in [0.4, 0.5) is 17.6 Å². The smallest absolute Gasteiger partial charge is 0.262 e. The molecular formula is C28H26F4N6. The van der Waals surface area contributed by atoms with Crippen LogP contribution in [0.1, 0.15) is 36.3 Å². The van der Waals surface area contributed by atoms with Crippen LogP contribution >= 0.6 is 0 Å². The van der Waals surface area contributed by atoms with Crippen molar-refractivity contribution in [2.24, 2.45) is 4.99 Å². The van der Waals surface area contributed by atoms with Crippen LogP contribution in [0.25, 0.3) is 32.9 Å². The Morgan fingerprint density at radius 2 is 1.47 bits per heavy atom. The molecule has 0 radical (unpaired) electrons. The Balaban J connectivity index is 1.09. The van der Waals surface area contributed by atoms with Crippen molar-refractivity contribution in [2.45, 2.75) is 42.8 Å². The zero-order valence-electron chi connectivity index (χ0n) is 20.4. The molecule has 4 heterocycles. The van der Waals surface area contributed by atoms with E-state index in [0.29, 0.717) is 18.2 Å². The minimum atomic E-state index is -2.72. The fraction of sp³-hybridized carbons (Fsp3) is 0.357. The fourth-order valence-electron chi connectivity index (χ4n) is 5.75. The second kappa shape index (κ2) is 8.51. The molecule has 38 heavy (non-hydrogen) atoms. The van der Waals surface area contributed by atoms with Gasteiger partial charge in [-0.05, 0) is 34.2 Å². The Hall–Kier alpha value is -3.50. The number of benzene rings is 3. The summed E-state index contributed by atoms with van der Waals surface area (Å²) < 4.78 is 54.5. The minimum Gasteiger partial charge on any atom is -0.364 e. The van der Waals surface area contributed by atoms with Crippen LogP contribution in [0.2, 0.25) is 0 Å². The molecule has 0 aliphatic carbocycles. The number of alkyl halides is 4. The Labute approximate surface area is 215 Å². The topological polar surface area (TPSA) is 77.1 Å². The van der Waals surface area contributed by atoms with Crippen LogP contribution in [0, 0.1) is 0 Å². The normalized spacial score (nSPS) is 26.2. The first-order valence-electron chi connectivity index (χ1n) is 12.8. The molecule has 7 rings (SSSR count). The lowest BCUT2D eigenvalue weighted by Crippen LogP contribution is -2.38. The van der Waals surface area contributed by atoms with Gasteiger partial charge in [-0.15, -0.1) is 0 Å². The van der Waals surface area contributed by atoms with E-state index in [9.17, 15) is 17.6 Å². The van der Waals surface area contributed by atoms with Gasteiger partial charge >= 0.3 is 0 Å². The molecule has 2 fully saturated rings. The van der Waals surface area contributed by atoms with Crippen molar-refractivity contribution >= 4 is 27.6 Å². The summed E-state index contributed by atoms with van der Waals surface area (Å²) in [6, 6.07) is 17.3. The van der Waals surface area contributed by atoms with Crippen molar-refractivity contribution < 1.29 is 17.6 Å². The average molecular weight is 523 g/mol. The maximum absolute atomic E-state index is 13.7. The number of hydrogen-bond donors (Lipinski definition) is 4. The van der Waals surface area contributed by atoms with E-state index in [0.717, 1.165) is 38.5 Å². The third kappa shape index (κ3) is 4.21. The van der Waals surface area contributed by atoms with Crippen molar-refractivity contribution in [3.8, 4) is 11.1 Å². The summed E-state index contributed by atoms with van der Waals surface area (Å²) in [5.41, 5.74) is 4.74. The van der Waals surface area contributed by atoms with E-state index in [2.05, 4.69) is 49.1 Å². The number of amidine groups is 1. The molecule has 6 nitrogen and oxygen atoms in total. The summed E-state index contributed by atoms with van der Waals surface area (Å²) in [6.45, 7) is -0.129. The number of imidazole rings is 1. The Morgan fingerprint density at radius 3 is 2.18 bits per heavy atom. The van der Waals surface area contributed by atoms with E-state index in [1.54, 1.807) is 0 Å². The second-order valence-corrected chi connectivity index (χ2v) is 10.6. The van der Waals surface area contributed by atoms with Crippen LogP contribution < -0.4 is 16.0 Å². The van der Waals surface area contributed by atoms with E-state index in [-0.39, 0.29) is 32.0 Å². The lowest BCUT2D eigenvalue weighted by molar-refractivity contribution is 0.0205. The zero-order valence-corrected chi connectivity index (χ0v) is 20.4. The molecule has 3 aliphatic rings. The first-order chi connectivity index (χ1) is 18.2. The molecule has 3 atom stereocenters. The molecule has 3 aromatic carbocycles. The largest absolute Gasteiger partial charge is 0.364 e. The zero-order chi connectivity index (χ0) is 26.1. The summed E-state index contributed by atoms with van der Waals surface area (Å²) in [6.07, 6.45) is -0.492. The third-order valence-electron chi connectivity index (χ3n) is 7.78. The SMILES string of the molecule is FC1(F)CN[C@H](C2=NCC(c3ccc(-c4ccc5c(ccc6[nH]c([C@@H]7CC(F)(F)CN7)nc65)c4)cc3)N2)C1. The Kier molecular flexibility index (Phi) is 5.28. The van der Waals surface area contributed by atoms with Gasteiger partial charge in [0.25, 0.3) is 11.8 Å². The lowest BCUT2D eigenvalue weighted by Gasteiger charge is -2.16. The molecule has 0 saturated carbocycles. The number of hydrogen-bond acceptors (Lipinski definition) is 5. The van der Waals surface area contributed by atoms with Gasteiger partial charge in [0, 0.05) is 18.2 Å². The Bertz CT molecular complexity index is 1560. The van der Waals surface area contributed by atoms with E-state index in [4.69, 9.17) is 0 Å². The molecule has 4 aromatic rings. The molecule has 3 aliphatic heterocycles. The van der Waals surface area contributed by atoms with Crippen molar-refractivity contribution in [3.63, 3.8) is 0 Å². The van der Waals surface area contributed by atoms with E-state index >= 15 is 0 Å². The van der Waals surface area contributed by atoms with Gasteiger partial charge in [-0.1, -0.05) is 42.5 Å². The predicted octanol–water partition coefficient (Wildman–Crippen LogP) is 5.09. The van der Waals surface area contributed by atoms with Crippen LogP contribution in [-0.4, -0.2) is 53.3 Å². The van der Waals surface area contributed by atoms with Gasteiger partial charge in [0.2, 0.25) is 0 Å². The summed E-state index contributed by atoms with van der Waals surface area (Å²) in [7, 11) is 0. The molecular weight excluding hydrogens is 496 g/mol. The van der Waals surface area contributed by atoms with E-state index < -0.39 is 23.9 Å². The van der Waals surface area contributed by atoms with Crippen LogP contribution in [0.5, 0.6) is 0 Å². The molecule has 1 aromatic heterocycles. The standard InChI is InChI=1S/C28H26F4N6/c29-27(30)10-21(34-13-27)25-33-12-23(37-25)16-3-1-15(2-4-16)17-5-7-19-18(9-17)6-8-20-24(19)38-26(36-20)22-11-28(31,32)14-35-22/h1-9,21-23,34-35H,10-14H2,(H,33,37)(H,36,38)/t21-,22-,23?/m0/s1. The van der Waals surface area contributed by atoms with Crippen LogP contribution in [0.3, 0.4) is 0 Å². The fourth-order valence-corrected chi connectivity index (χ4v) is 5.75. The molecule has 10 heteroatoms. The summed E-state index contributed by atoms with van der Waals surface area (Å²) >= 11 is 0. The van der Waals surface area contributed by atoms with Gasteiger partial charge in [-0.25, -0.2) is 22.5 Å². The molecule has 1 unspecified atom stereocenters. The Morgan fingerprint density at radius 1 is 0.763 bits per heavy atom. The first kappa shape index (κ1) is 23.6. The number of aliphatic imine (C=N–C) groups is 1. The summed E-state index contributed by atoms with van der Waals surface area (Å²) in [5.74, 6) is -4.26. The van der Waals surface area contributed by atoms with Gasteiger partial charge < -0.3 is 20.9 Å². The number of halogens is 4. The number of nitrogens with one attached hydrogen (secondary N) is 4. The lowest BCUT2D eigenvalue weighted by atomic mass is 9.98. The second-order valence-electron chi connectivity index (χ2n) is 10.6. The number of fused-ring (bicyclic) bond motifs is 3. The van der Waals surface area contributed by atoms with Gasteiger partial charge in [-0.2, -0.15) is 0 Å². The molecule has 196 valence electrons. The van der Waals surface area contributed by atoms with Gasteiger partial charge in [-0.3, -0.25) is 4.99 Å². The highest BCUT2D eigenvalue weighted by Crippen LogP contribution is 2.35. The number of H-pyrrole nitrogens is 1. The highest BCUT2D eigenvalue weighted by Gasteiger charge is 2.43. The minimum absolute atomic E-state index is 0.0388. The maximum Gasteiger partial charge on any atom is 0.262 e. The highest BCUT2D eigenvalue weighted by molar-refractivity contribution is 6.05. The van der Waals surface area contributed by atoms with Crippen molar-refractivity contribution in [3.05, 3.63) is 66.0 Å². The first-order valence-corrected chi connectivity index (χ1v) is 12.8. The monoisotopic (exact) mass is 522 g/mol. The van der Waals surface area contributed by atoms with Crippen molar-refractivity contribution in [1.82, 2.24) is 25.9 Å². The van der Waals surface area contributed by atoms with E-state index in [1.165, 1.54) is 0 Å². The highest BCUT2D eigenvalue weighted by atomic mass is 19.3. The maximum atomic E-state index is 13.7. The average Bonchev–Trinajstić information content (AvgIpc) is 3.69. The van der Waals surface area contributed by atoms with Crippen LogP contribution in [-0.2, 0) is 0 Å². The number of aromatic amines is 1. The number of aromatic nitrogens is 2. The van der Waals surface area contributed by atoms with Crippen LogP contribution in [0.15, 0.2) is 59.6 Å². The van der Waals surface area contributed by atoms with Crippen molar-refractivity contribution in [2.75, 3.05) is 19.6 Å². The van der Waals surface area contributed by atoms with Gasteiger partial charge in [0.15, 0.2) is 0 Å². The molecule has 0 bridgehead atoms. The molecule has 0 spiro atoms. The summed E-state index contributed by atoms with van der Waals surface area (Å²) in [4.78, 5) is 12.4.